The number of aryl methyl sites for hydroxylation is 1. The van der Waals surface area contributed by atoms with Crippen LogP contribution in [-0.2, 0) is 11.3 Å². The SMILES string of the molecule is COCc1nn2c(C)c(C(=O)Nc3ccccc3)cnc2c1-c1ccc(OC)cc1. The van der Waals surface area contributed by atoms with E-state index in [4.69, 9.17) is 9.47 Å². The number of fused-ring (bicyclic) bond motifs is 1. The molecule has 0 spiro atoms. The number of benzene rings is 2. The van der Waals surface area contributed by atoms with Gasteiger partial charge < -0.3 is 14.8 Å². The Bertz CT molecular complexity index is 1180. The van der Waals surface area contributed by atoms with Crippen molar-refractivity contribution in [3.63, 3.8) is 0 Å². The second-order valence-electron chi connectivity index (χ2n) is 6.80. The maximum absolute atomic E-state index is 12.8. The van der Waals surface area contributed by atoms with E-state index < -0.39 is 0 Å². The molecule has 4 rings (SSSR count). The van der Waals surface area contributed by atoms with E-state index in [-0.39, 0.29) is 5.91 Å². The first kappa shape index (κ1) is 19.6. The Hall–Kier alpha value is -3.71. The molecule has 0 saturated carbocycles. The Morgan fingerprint density at radius 3 is 2.47 bits per heavy atom. The minimum Gasteiger partial charge on any atom is -0.497 e. The van der Waals surface area contributed by atoms with Crippen LogP contribution in [0.2, 0.25) is 0 Å². The minimum absolute atomic E-state index is 0.233. The normalized spacial score (nSPS) is 10.9. The van der Waals surface area contributed by atoms with Crippen LogP contribution in [0.15, 0.2) is 60.8 Å². The zero-order valence-electron chi connectivity index (χ0n) is 17.0. The molecule has 4 aromatic rings. The number of anilines is 1. The van der Waals surface area contributed by atoms with Gasteiger partial charge in [-0.1, -0.05) is 30.3 Å². The fourth-order valence-electron chi connectivity index (χ4n) is 3.37. The number of aromatic nitrogens is 3. The fourth-order valence-corrected chi connectivity index (χ4v) is 3.37. The highest BCUT2D eigenvalue weighted by molar-refractivity contribution is 6.05. The van der Waals surface area contributed by atoms with Crippen LogP contribution in [0.25, 0.3) is 16.8 Å². The van der Waals surface area contributed by atoms with Crippen molar-refractivity contribution in [2.45, 2.75) is 13.5 Å². The third-order valence-electron chi connectivity index (χ3n) is 4.89. The molecule has 7 heteroatoms. The highest BCUT2D eigenvalue weighted by Crippen LogP contribution is 2.30. The van der Waals surface area contributed by atoms with E-state index in [1.165, 1.54) is 0 Å². The van der Waals surface area contributed by atoms with Crippen molar-refractivity contribution in [2.75, 3.05) is 19.5 Å². The summed E-state index contributed by atoms with van der Waals surface area (Å²) in [5, 5.41) is 7.58. The topological polar surface area (TPSA) is 77.8 Å². The van der Waals surface area contributed by atoms with Crippen molar-refractivity contribution in [2.24, 2.45) is 0 Å². The molecular weight excluding hydrogens is 380 g/mol. The van der Waals surface area contributed by atoms with Gasteiger partial charge in [0.2, 0.25) is 0 Å². The summed E-state index contributed by atoms with van der Waals surface area (Å²) in [5.74, 6) is 0.537. The molecule has 0 aliphatic heterocycles. The van der Waals surface area contributed by atoms with Crippen molar-refractivity contribution in [1.82, 2.24) is 14.6 Å². The number of hydrogen-bond donors (Lipinski definition) is 1. The number of amides is 1. The molecule has 0 radical (unpaired) electrons. The van der Waals surface area contributed by atoms with Crippen LogP contribution in [0.3, 0.4) is 0 Å². The number of rotatable bonds is 6. The van der Waals surface area contributed by atoms with Crippen molar-refractivity contribution in [3.05, 3.63) is 77.7 Å². The number of carbonyl (C=O) groups excluding carboxylic acids is 1. The Balaban J connectivity index is 1.79. The van der Waals surface area contributed by atoms with Crippen LogP contribution in [0.4, 0.5) is 5.69 Å². The molecule has 0 aliphatic carbocycles. The van der Waals surface area contributed by atoms with E-state index in [0.717, 1.165) is 28.3 Å². The molecule has 30 heavy (non-hydrogen) atoms. The molecule has 2 aromatic heterocycles. The minimum atomic E-state index is -0.233. The number of carbonyl (C=O) groups is 1. The van der Waals surface area contributed by atoms with E-state index in [0.29, 0.717) is 23.5 Å². The van der Waals surface area contributed by atoms with Gasteiger partial charge in [0.25, 0.3) is 5.91 Å². The van der Waals surface area contributed by atoms with Crippen LogP contribution in [-0.4, -0.2) is 34.7 Å². The molecule has 0 saturated heterocycles. The summed E-state index contributed by atoms with van der Waals surface area (Å²) in [5.41, 5.74) is 5.12. The number of para-hydroxylation sites is 1. The summed E-state index contributed by atoms with van der Waals surface area (Å²) >= 11 is 0. The quantitative estimate of drug-likeness (QED) is 0.525. The number of nitrogens with one attached hydrogen (secondary N) is 1. The molecule has 0 fully saturated rings. The zero-order chi connectivity index (χ0) is 21.1. The van der Waals surface area contributed by atoms with Crippen molar-refractivity contribution in [1.29, 1.82) is 0 Å². The molecular formula is C23H22N4O3. The van der Waals surface area contributed by atoms with Crippen molar-refractivity contribution >= 4 is 17.2 Å². The van der Waals surface area contributed by atoms with Gasteiger partial charge in [0.15, 0.2) is 5.65 Å². The van der Waals surface area contributed by atoms with Gasteiger partial charge in [-0.3, -0.25) is 4.79 Å². The lowest BCUT2D eigenvalue weighted by molar-refractivity contribution is 0.102. The number of hydrogen-bond acceptors (Lipinski definition) is 5. The zero-order valence-corrected chi connectivity index (χ0v) is 17.0. The Morgan fingerprint density at radius 2 is 1.80 bits per heavy atom. The smallest absolute Gasteiger partial charge is 0.259 e. The van der Waals surface area contributed by atoms with Gasteiger partial charge in [0.1, 0.15) is 5.75 Å². The van der Waals surface area contributed by atoms with Crippen LogP contribution in [0, 0.1) is 6.92 Å². The molecule has 0 aliphatic rings. The summed E-state index contributed by atoms with van der Waals surface area (Å²) in [6.45, 7) is 2.19. The summed E-state index contributed by atoms with van der Waals surface area (Å²) in [4.78, 5) is 17.4. The van der Waals surface area contributed by atoms with Crippen LogP contribution in [0.5, 0.6) is 5.75 Å². The van der Waals surface area contributed by atoms with E-state index in [1.54, 1.807) is 24.9 Å². The maximum atomic E-state index is 12.8. The maximum Gasteiger partial charge on any atom is 0.259 e. The van der Waals surface area contributed by atoms with E-state index in [1.807, 2.05) is 61.5 Å². The third kappa shape index (κ3) is 3.62. The number of ether oxygens (including phenoxy) is 2. The van der Waals surface area contributed by atoms with E-state index in [9.17, 15) is 4.79 Å². The largest absolute Gasteiger partial charge is 0.497 e. The van der Waals surface area contributed by atoms with Crippen molar-refractivity contribution < 1.29 is 14.3 Å². The Morgan fingerprint density at radius 1 is 1.07 bits per heavy atom. The standard InChI is InChI=1S/C23H22N4O3/c1-15-19(23(28)25-17-7-5-4-6-8-17)13-24-22-21(20(14-29-2)26-27(15)22)16-9-11-18(30-3)12-10-16/h4-13H,14H2,1-3H3,(H,25,28). The van der Waals surface area contributed by atoms with E-state index in [2.05, 4.69) is 15.4 Å². The van der Waals surface area contributed by atoms with Gasteiger partial charge in [-0.05, 0) is 36.8 Å². The second-order valence-corrected chi connectivity index (χ2v) is 6.80. The number of methoxy groups -OCH3 is 2. The van der Waals surface area contributed by atoms with Crippen LogP contribution >= 0.6 is 0 Å². The average molecular weight is 402 g/mol. The third-order valence-corrected chi connectivity index (χ3v) is 4.89. The molecule has 2 aromatic carbocycles. The van der Waals surface area contributed by atoms with Crippen LogP contribution in [0.1, 0.15) is 21.7 Å². The van der Waals surface area contributed by atoms with Gasteiger partial charge in [-0.25, -0.2) is 9.50 Å². The molecule has 0 unspecified atom stereocenters. The predicted molar refractivity (Wildman–Crippen MR) is 115 cm³/mol. The highest BCUT2D eigenvalue weighted by Gasteiger charge is 2.20. The first-order valence-corrected chi connectivity index (χ1v) is 9.49. The molecule has 2 heterocycles. The molecule has 1 N–H and O–H groups in total. The number of nitrogens with zero attached hydrogens (tertiary/aromatic N) is 3. The lowest BCUT2D eigenvalue weighted by Gasteiger charge is -2.09. The van der Waals surface area contributed by atoms with E-state index >= 15 is 0 Å². The fraction of sp³-hybridized carbons (Fsp3) is 0.174. The van der Waals surface area contributed by atoms with Gasteiger partial charge in [-0.15, -0.1) is 0 Å². The summed E-state index contributed by atoms with van der Waals surface area (Å²) in [7, 11) is 3.26. The molecule has 1 amide bonds. The molecule has 0 atom stereocenters. The molecule has 7 nitrogen and oxygen atoms in total. The summed E-state index contributed by atoms with van der Waals surface area (Å²) in [6.07, 6.45) is 1.59. The average Bonchev–Trinajstić information content (AvgIpc) is 3.14. The van der Waals surface area contributed by atoms with Gasteiger partial charge in [0, 0.05) is 19.0 Å². The van der Waals surface area contributed by atoms with Gasteiger partial charge in [0.05, 0.1) is 36.2 Å². The Labute approximate surface area is 174 Å². The first-order valence-electron chi connectivity index (χ1n) is 9.49. The molecule has 0 bridgehead atoms. The van der Waals surface area contributed by atoms with Crippen molar-refractivity contribution in [3.8, 4) is 16.9 Å². The lowest BCUT2D eigenvalue weighted by Crippen LogP contribution is -2.16. The summed E-state index contributed by atoms with van der Waals surface area (Å²) in [6, 6.07) is 17.0. The van der Waals surface area contributed by atoms with Crippen LogP contribution < -0.4 is 10.1 Å². The van der Waals surface area contributed by atoms with Gasteiger partial charge in [-0.2, -0.15) is 5.10 Å². The predicted octanol–water partition coefficient (Wildman–Crippen LogP) is 4.11. The lowest BCUT2D eigenvalue weighted by atomic mass is 10.1. The Kier molecular flexibility index (Phi) is 5.45. The summed E-state index contributed by atoms with van der Waals surface area (Å²) < 4.78 is 12.3. The highest BCUT2D eigenvalue weighted by atomic mass is 16.5. The molecule has 152 valence electrons. The monoisotopic (exact) mass is 402 g/mol. The first-order chi connectivity index (χ1) is 14.6. The van der Waals surface area contributed by atoms with Gasteiger partial charge >= 0.3 is 0 Å². The second kappa shape index (κ2) is 8.34.